The van der Waals surface area contributed by atoms with Gasteiger partial charge in [0.25, 0.3) is 5.56 Å². The number of ether oxygens (including phenoxy) is 1. The summed E-state index contributed by atoms with van der Waals surface area (Å²) in [6.45, 7) is 0. The van der Waals surface area contributed by atoms with Gasteiger partial charge in [0.05, 0.1) is 34.5 Å². The van der Waals surface area contributed by atoms with Crippen LogP contribution in [-0.2, 0) is 4.79 Å². The SMILES string of the molecule is COc1ccc(-n2c(SCC(N)=O)nc3ccccc3c2=O)cc1Cl. The smallest absolute Gasteiger partial charge is 0.266 e. The van der Waals surface area contributed by atoms with Gasteiger partial charge in [-0.05, 0) is 30.3 Å². The monoisotopic (exact) mass is 375 g/mol. The molecule has 0 spiro atoms. The Bertz CT molecular complexity index is 1020. The second kappa shape index (κ2) is 7.16. The van der Waals surface area contributed by atoms with Crippen molar-refractivity contribution in [2.24, 2.45) is 5.73 Å². The van der Waals surface area contributed by atoms with E-state index in [1.807, 2.05) is 0 Å². The number of carbonyl (C=O) groups is 1. The van der Waals surface area contributed by atoms with Crippen LogP contribution in [0.25, 0.3) is 16.6 Å². The second-order valence-corrected chi connectivity index (χ2v) is 6.48. The standard InChI is InChI=1S/C17H14ClN3O3S/c1-24-14-7-6-10(8-12(14)18)21-16(23)11-4-2-3-5-13(11)20-17(21)25-9-15(19)22/h2-8H,9H2,1H3,(H2,19,22). The third kappa shape index (κ3) is 3.47. The number of rotatable bonds is 5. The number of hydrogen-bond donors (Lipinski definition) is 1. The van der Waals surface area contributed by atoms with Gasteiger partial charge in [0, 0.05) is 0 Å². The predicted octanol–water partition coefficient (Wildman–Crippen LogP) is 2.63. The van der Waals surface area contributed by atoms with Crippen LogP contribution >= 0.6 is 23.4 Å². The van der Waals surface area contributed by atoms with Gasteiger partial charge in [0.1, 0.15) is 5.75 Å². The van der Waals surface area contributed by atoms with Crippen LogP contribution in [0.3, 0.4) is 0 Å². The zero-order valence-electron chi connectivity index (χ0n) is 13.2. The molecule has 0 atom stereocenters. The maximum absolute atomic E-state index is 13.0. The van der Waals surface area contributed by atoms with Gasteiger partial charge in [0.15, 0.2) is 5.16 Å². The fourth-order valence-electron chi connectivity index (χ4n) is 2.37. The molecule has 6 nitrogen and oxygen atoms in total. The van der Waals surface area contributed by atoms with Gasteiger partial charge in [-0.25, -0.2) is 4.98 Å². The Morgan fingerprint density at radius 2 is 2.08 bits per heavy atom. The summed E-state index contributed by atoms with van der Waals surface area (Å²) in [7, 11) is 1.51. The highest BCUT2D eigenvalue weighted by Gasteiger charge is 2.15. The minimum atomic E-state index is -0.494. The van der Waals surface area contributed by atoms with Crippen LogP contribution in [-0.4, -0.2) is 28.3 Å². The molecule has 3 aromatic rings. The molecule has 0 radical (unpaired) electrons. The van der Waals surface area contributed by atoms with Crippen LogP contribution in [0.5, 0.6) is 5.75 Å². The van der Waals surface area contributed by atoms with E-state index in [9.17, 15) is 9.59 Å². The van der Waals surface area contributed by atoms with E-state index in [0.717, 1.165) is 11.8 Å². The maximum Gasteiger partial charge on any atom is 0.266 e. The van der Waals surface area contributed by atoms with E-state index in [-0.39, 0.29) is 11.3 Å². The highest BCUT2D eigenvalue weighted by Crippen LogP contribution is 2.28. The number of methoxy groups -OCH3 is 1. The van der Waals surface area contributed by atoms with Crippen LogP contribution in [0.1, 0.15) is 0 Å². The molecule has 8 heteroatoms. The number of nitrogens with zero attached hydrogens (tertiary/aromatic N) is 2. The Morgan fingerprint density at radius 3 is 2.76 bits per heavy atom. The Labute approximate surface area is 152 Å². The molecule has 0 saturated heterocycles. The van der Waals surface area contributed by atoms with Crippen molar-refractivity contribution in [2.75, 3.05) is 12.9 Å². The molecule has 0 aliphatic heterocycles. The van der Waals surface area contributed by atoms with Gasteiger partial charge in [-0.15, -0.1) is 0 Å². The van der Waals surface area contributed by atoms with Crippen LogP contribution < -0.4 is 16.0 Å². The molecule has 0 aliphatic rings. The number of hydrogen-bond acceptors (Lipinski definition) is 5. The number of carbonyl (C=O) groups excluding carboxylic acids is 1. The zero-order valence-corrected chi connectivity index (χ0v) is 14.8. The number of fused-ring (bicyclic) bond motifs is 1. The molecule has 0 saturated carbocycles. The van der Waals surface area contributed by atoms with Crippen LogP contribution in [0.15, 0.2) is 52.4 Å². The van der Waals surface area contributed by atoms with Crippen molar-refractivity contribution in [3.05, 3.63) is 57.8 Å². The molecule has 1 heterocycles. The molecular formula is C17H14ClN3O3S. The summed E-state index contributed by atoms with van der Waals surface area (Å²) < 4.78 is 6.56. The minimum Gasteiger partial charge on any atom is -0.495 e. The zero-order chi connectivity index (χ0) is 18.0. The second-order valence-electron chi connectivity index (χ2n) is 5.13. The number of amides is 1. The van der Waals surface area contributed by atoms with E-state index < -0.39 is 5.91 Å². The van der Waals surface area contributed by atoms with Crippen LogP contribution in [0, 0.1) is 0 Å². The van der Waals surface area contributed by atoms with E-state index in [1.165, 1.54) is 11.7 Å². The van der Waals surface area contributed by atoms with Gasteiger partial charge in [-0.2, -0.15) is 0 Å². The summed E-state index contributed by atoms with van der Waals surface area (Å²) in [4.78, 5) is 28.6. The number of primary amides is 1. The highest BCUT2D eigenvalue weighted by atomic mass is 35.5. The van der Waals surface area contributed by atoms with E-state index >= 15 is 0 Å². The Morgan fingerprint density at radius 1 is 1.32 bits per heavy atom. The predicted molar refractivity (Wildman–Crippen MR) is 98.8 cm³/mol. The molecule has 0 bridgehead atoms. The van der Waals surface area contributed by atoms with Gasteiger partial charge in [0.2, 0.25) is 5.91 Å². The van der Waals surface area contributed by atoms with Crippen molar-refractivity contribution in [2.45, 2.75) is 5.16 Å². The Kier molecular flexibility index (Phi) is 4.96. The molecule has 2 aromatic carbocycles. The normalized spacial score (nSPS) is 10.8. The number of thioether (sulfide) groups is 1. The summed E-state index contributed by atoms with van der Waals surface area (Å²) in [5.41, 5.74) is 6.06. The van der Waals surface area contributed by atoms with E-state index in [2.05, 4.69) is 4.98 Å². The van der Waals surface area contributed by atoms with Crippen LogP contribution in [0.4, 0.5) is 0 Å². The highest BCUT2D eigenvalue weighted by molar-refractivity contribution is 7.99. The first kappa shape index (κ1) is 17.3. The van der Waals surface area contributed by atoms with E-state index in [1.54, 1.807) is 42.5 Å². The molecule has 0 unspecified atom stereocenters. The number of aromatic nitrogens is 2. The Balaban J connectivity index is 2.25. The molecule has 3 rings (SSSR count). The van der Waals surface area contributed by atoms with Gasteiger partial charge in [-0.3, -0.25) is 14.2 Å². The molecule has 0 fully saturated rings. The minimum absolute atomic E-state index is 0.00860. The first-order valence-electron chi connectivity index (χ1n) is 7.28. The average Bonchev–Trinajstić information content (AvgIpc) is 2.60. The molecule has 2 N–H and O–H groups in total. The van der Waals surface area contributed by atoms with E-state index in [0.29, 0.717) is 32.5 Å². The van der Waals surface area contributed by atoms with Gasteiger partial charge >= 0.3 is 0 Å². The van der Waals surface area contributed by atoms with Crippen LogP contribution in [0.2, 0.25) is 5.02 Å². The lowest BCUT2D eigenvalue weighted by atomic mass is 10.2. The first-order chi connectivity index (χ1) is 12.0. The number of para-hydroxylation sites is 1. The quantitative estimate of drug-likeness (QED) is 0.547. The number of nitrogens with two attached hydrogens (primary N) is 1. The molecular weight excluding hydrogens is 362 g/mol. The van der Waals surface area contributed by atoms with Crippen molar-refractivity contribution < 1.29 is 9.53 Å². The number of benzene rings is 2. The average molecular weight is 376 g/mol. The maximum atomic E-state index is 13.0. The van der Waals surface area contributed by atoms with Gasteiger partial charge in [-0.1, -0.05) is 35.5 Å². The molecule has 0 aliphatic carbocycles. The molecule has 25 heavy (non-hydrogen) atoms. The first-order valence-corrected chi connectivity index (χ1v) is 8.64. The van der Waals surface area contributed by atoms with Crippen molar-refractivity contribution in [3.8, 4) is 11.4 Å². The van der Waals surface area contributed by atoms with Crippen molar-refractivity contribution in [1.82, 2.24) is 9.55 Å². The van der Waals surface area contributed by atoms with E-state index in [4.69, 9.17) is 22.1 Å². The van der Waals surface area contributed by atoms with Crippen molar-refractivity contribution >= 4 is 40.2 Å². The third-order valence-corrected chi connectivity index (χ3v) is 4.74. The lowest BCUT2D eigenvalue weighted by Gasteiger charge is -2.14. The molecule has 1 aromatic heterocycles. The van der Waals surface area contributed by atoms with Crippen molar-refractivity contribution in [1.29, 1.82) is 0 Å². The summed E-state index contributed by atoms with van der Waals surface area (Å²) in [5.74, 6) is 0.0135. The third-order valence-electron chi connectivity index (χ3n) is 3.48. The van der Waals surface area contributed by atoms with Gasteiger partial charge < -0.3 is 10.5 Å². The lowest BCUT2D eigenvalue weighted by Crippen LogP contribution is -2.23. The summed E-state index contributed by atoms with van der Waals surface area (Å²) in [6, 6.07) is 12.0. The fourth-order valence-corrected chi connectivity index (χ4v) is 3.37. The van der Waals surface area contributed by atoms with Crippen molar-refractivity contribution in [3.63, 3.8) is 0 Å². The summed E-state index contributed by atoms with van der Waals surface area (Å²) in [6.07, 6.45) is 0. The molecule has 1 amide bonds. The molecule has 128 valence electrons. The summed E-state index contributed by atoms with van der Waals surface area (Å²) >= 11 is 7.29. The summed E-state index contributed by atoms with van der Waals surface area (Å²) in [5, 5.41) is 1.20. The lowest BCUT2D eigenvalue weighted by molar-refractivity contribution is -0.115. The fraction of sp³-hybridized carbons (Fsp3) is 0.118. The number of halogens is 1. The Hall–Kier alpha value is -2.51. The largest absolute Gasteiger partial charge is 0.495 e. The topological polar surface area (TPSA) is 87.2 Å².